The number of hydrogen-bond donors (Lipinski definition) is 0. The Bertz CT molecular complexity index is 776. The third-order valence-corrected chi connectivity index (χ3v) is 3.93. The Kier molecular flexibility index (Phi) is 4.24. The van der Waals surface area contributed by atoms with Crippen molar-refractivity contribution in [3.05, 3.63) is 59.8 Å². The van der Waals surface area contributed by atoms with Gasteiger partial charge in [-0.1, -0.05) is 17.3 Å². The summed E-state index contributed by atoms with van der Waals surface area (Å²) >= 11 is 1.35. The van der Waals surface area contributed by atoms with Gasteiger partial charge in [-0.25, -0.2) is 0 Å². The smallest absolute Gasteiger partial charge is 0.251 e. The first kappa shape index (κ1) is 14.4. The van der Waals surface area contributed by atoms with E-state index >= 15 is 0 Å². The van der Waals surface area contributed by atoms with Gasteiger partial charge in [0.15, 0.2) is 6.20 Å². The van der Waals surface area contributed by atoms with Crippen molar-refractivity contribution < 1.29 is 14.0 Å². The quantitative estimate of drug-likeness (QED) is 0.409. The molecule has 3 aromatic rings. The van der Waals surface area contributed by atoms with E-state index in [1.165, 1.54) is 18.0 Å². The molecule has 0 atom stereocenters. The van der Waals surface area contributed by atoms with Gasteiger partial charge in [-0.2, -0.15) is 9.71 Å². The molecule has 0 radical (unpaired) electrons. The largest absolute Gasteiger partial charge is 0.618 e. The fraction of sp³-hybridized carbons (Fsp3) is 0.133. The van der Waals surface area contributed by atoms with Crippen LogP contribution in [0.2, 0.25) is 0 Å². The van der Waals surface area contributed by atoms with Gasteiger partial charge in [0.25, 0.3) is 5.03 Å². The molecule has 112 valence electrons. The van der Waals surface area contributed by atoms with Crippen molar-refractivity contribution in [3.8, 4) is 17.1 Å². The van der Waals surface area contributed by atoms with Crippen molar-refractivity contribution in [1.29, 1.82) is 0 Å². The highest BCUT2D eigenvalue weighted by Crippen LogP contribution is 2.23. The van der Waals surface area contributed by atoms with Gasteiger partial charge in [0.2, 0.25) is 11.7 Å². The average molecular weight is 315 g/mol. The summed E-state index contributed by atoms with van der Waals surface area (Å²) in [6, 6.07) is 12.7. The van der Waals surface area contributed by atoms with Crippen LogP contribution in [0.4, 0.5) is 0 Å². The molecule has 3 rings (SSSR count). The standard InChI is InChI=1S/C15H13N3O3S/c1-20-12-6-4-5-11(9-12)15-16-13(21-17-15)10-22-14-7-2-3-8-18(14)19/h2-9H,10H2,1H3. The van der Waals surface area contributed by atoms with Crippen molar-refractivity contribution in [2.75, 3.05) is 7.11 Å². The van der Waals surface area contributed by atoms with E-state index in [4.69, 9.17) is 9.26 Å². The minimum absolute atomic E-state index is 0.434. The lowest BCUT2D eigenvalue weighted by molar-refractivity contribution is -0.645. The maximum Gasteiger partial charge on any atom is 0.251 e. The van der Waals surface area contributed by atoms with Crippen molar-refractivity contribution in [1.82, 2.24) is 10.1 Å². The van der Waals surface area contributed by atoms with E-state index in [1.54, 1.807) is 19.2 Å². The molecule has 7 heteroatoms. The van der Waals surface area contributed by atoms with Crippen LogP contribution in [0.3, 0.4) is 0 Å². The number of aromatic nitrogens is 3. The van der Waals surface area contributed by atoms with Gasteiger partial charge >= 0.3 is 0 Å². The van der Waals surface area contributed by atoms with Crippen molar-refractivity contribution in [2.45, 2.75) is 10.8 Å². The topological polar surface area (TPSA) is 75.1 Å². The van der Waals surface area contributed by atoms with Crippen LogP contribution in [-0.2, 0) is 5.75 Å². The fourth-order valence-electron chi connectivity index (χ4n) is 1.85. The second-order valence-electron chi connectivity index (χ2n) is 4.40. The highest BCUT2D eigenvalue weighted by molar-refractivity contribution is 7.98. The van der Waals surface area contributed by atoms with Gasteiger partial charge in [0.1, 0.15) is 5.75 Å². The second kappa shape index (κ2) is 6.48. The second-order valence-corrected chi connectivity index (χ2v) is 5.39. The predicted octanol–water partition coefficient (Wildman–Crippen LogP) is 2.67. The number of nitrogens with zero attached hydrogens (tertiary/aromatic N) is 3. The van der Waals surface area contributed by atoms with E-state index < -0.39 is 0 Å². The van der Waals surface area contributed by atoms with E-state index in [2.05, 4.69) is 10.1 Å². The molecule has 0 saturated heterocycles. The number of ether oxygens (including phenoxy) is 1. The molecule has 6 nitrogen and oxygen atoms in total. The van der Waals surface area contributed by atoms with Crippen LogP contribution in [0.15, 0.2) is 58.2 Å². The molecule has 0 bridgehead atoms. The van der Waals surface area contributed by atoms with Crippen LogP contribution in [0.1, 0.15) is 5.89 Å². The first-order valence-corrected chi connectivity index (χ1v) is 7.53. The number of rotatable bonds is 5. The predicted molar refractivity (Wildman–Crippen MR) is 81.2 cm³/mol. The van der Waals surface area contributed by atoms with E-state index in [0.717, 1.165) is 16.0 Å². The molecular weight excluding hydrogens is 302 g/mol. The van der Waals surface area contributed by atoms with Gasteiger partial charge in [-0.05, 0) is 30.0 Å². The maximum absolute atomic E-state index is 11.6. The Labute approximate surface area is 131 Å². The molecule has 1 aromatic carbocycles. The molecule has 0 saturated carbocycles. The Hall–Kier alpha value is -2.54. The zero-order chi connectivity index (χ0) is 15.4. The average Bonchev–Trinajstić information content (AvgIpc) is 3.03. The van der Waals surface area contributed by atoms with Crippen LogP contribution in [-0.4, -0.2) is 17.3 Å². The van der Waals surface area contributed by atoms with Crippen molar-refractivity contribution >= 4 is 11.8 Å². The lowest BCUT2D eigenvalue weighted by Crippen LogP contribution is -2.27. The molecule has 0 spiro atoms. The van der Waals surface area contributed by atoms with Crippen LogP contribution in [0.25, 0.3) is 11.4 Å². The minimum Gasteiger partial charge on any atom is -0.618 e. The lowest BCUT2D eigenvalue weighted by Gasteiger charge is -2.00. The molecule has 0 N–H and O–H groups in total. The summed E-state index contributed by atoms with van der Waals surface area (Å²) in [4.78, 5) is 4.34. The summed E-state index contributed by atoms with van der Waals surface area (Å²) in [6.07, 6.45) is 1.46. The highest BCUT2D eigenvalue weighted by atomic mass is 32.2. The van der Waals surface area contributed by atoms with E-state index in [0.29, 0.717) is 22.5 Å². The minimum atomic E-state index is 0.434. The number of benzene rings is 1. The normalized spacial score (nSPS) is 10.6. The van der Waals surface area contributed by atoms with E-state index in [1.807, 2.05) is 30.3 Å². The molecule has 0 aliphatic rings. The monoisotopic (exact) mass is 315 g/mol. The Morgan fingerprint density at radius 1 is 1.27 bits per heavy atom. The lowest BCUT2D eigenvalue weighted by atomic mass is 10.2. The van der Waals surface area contributed by atoms with Crippen LogP contribution in [0, 0.1) is 5.21 Å². The SMILES string of the molecule is COc1cccc(-c2noc(CSc3cccc[n+]3[O-])n2)c1. The summed E-state index contributed by atoms with van der Waals surface area (Å²) < 4.78 is 11.2. The van der Waals surface area contributed by atoms with Crippen LogP contribution >= 0.6 is 11.8 Å². The van der Waals surface area contributed by atoms with Crippen molar-refractivity contribution in [2.24, 2.45) is 0 Å². The van der Waals surface area contributed by atoms with Crippen LogP contribution in [0.5, 0.6) is 5.75 Å². The first-order valence-electron chi connectivity index (χ1n) is 6.54. The Balaban J connectivity index is 1.72. The van der Waals surface area contributed by atoms with E-state index in [9.17, 15) is 5.21 Å². The molecule has 0 aliphatic carbocycles. The van der Waals surface area contributed by atoms with Gasteiger partial charge < -0.3 is 14.5 Å². The zero-order valence-electron chi connectivity index (χ0n) is 11.8. The molecule has 0 unspecified atom stereocenters. The molecule has 0 aliphatic heterocycles. The Morgan fingerprint density at radius 3 is 3.00 bits per heavy atom. The molecule has 0 amide bonds. The Morgan fingerprint density at radius 2 is 2.18 bits per heavy atom. The summed E-state index contributed by atoms with van der Waals surface area (Å²) in [5.74, 6) is 2.13. The van der Waals surface area contributed by atoms with Crippen molar-refractivity contribution in [3.63, 3.8) is 0 Å². The van der Waals surface area contributed by atoms with E-state index in [-0.39, 0.29) is 0 Å². The van der Waals surface area contributed by atoms with Gasteiger partial charge in [-0.15, -0.1) is 0 Å². The van der Waals surface area contributed by atoms with Gasteiger partial charge in [0.05, 0.1) is 12.9 Å². The highest BCUT2D eigenvalue weighted by Gasteiger charge is 2.12. The summed E-state index contributed by atoms with van der Waals surface area (Å²) in [5, 5.41) is 16.1. The molecule has 0 fully saturated rings. The maximum atomic E-state index is 11.6. The first-order chi connectivity index (χ1) is 10.8. The van der Waals surface area contributed by atoms with Crippen LogP contribution < -0.4 is 9.47 Å². The number of pyridine rings is 1. The summed E-state index contributed by atoms with van der Waals surface area (Å²) in [6.45, 7) is 0. The third kappa shape index (κ3) is 3.20. The fourth-order valence-corrected chi connectivity index (χ4v) is 2.60. The molecular formula is C15H13N3O3S. The van der Waals surface area contributed by atoms with Gasteiger partial charge in [0, 0.05) is 17.7 Å². The molecule has 2 aromatic heterocycles. The number of thioether (sulfide) groups is 1. The number of hydrogen-bond acceptors (Lipinski definition) is 6. The summed E-state index contributed by atoms with van der Waals surface area (Å²) in [5.41, 5.74) is 0.818. The number of methoxy groups -OCH3 is 1. The molecule has 22 heavy (non-hydrogen) atoms. The third-order valence-electron chi connectivity index (χ3n) is 2.93. The molecule has 2 heterocycles. The summed E-state index contributed by atoms with van der Waals surface area (Å²) in [7, 11) is 1.61. The zero-order valence-corrected chi connectivity index (χ0v) is 12.6. The van der Waals surface area contributed by atoms with Gasteiger partial charge in [-0.3, -0.25) is 0 Å².